The Kier molecular flexibility index (Phi) is 4.12. The summed E-state index contributed by atoms with van der Waals surface area (Å²) in [4.78, 5) is 0. The number of halogens is 2. The Bertz CT molecular complexity index is 542. The first-order valence-electron chi connectivity index (χ1n) is 6.00. The summed E-state index contributed by atoms with van der Waals surface area (Å²) >= 11 is 0. The van der Waals surface area contributed by atoms with Gasteiger partial charge < -0.3 is 10.5 Å². The number of hydrogen-bond acceptors (Lipinski definition) is 2. The summed E-state index contributed by atoms with van der Waals surface area (Å²) in [5, 5.41) is 0. The zero-order chi connectivity index (χ0) is 13.8. The van der Waals surface area contributed by atoms with E-state index >= 15 is 0 Å². The Labute approximate surface area is 110 Å². The standard InChI is InChI=1S/C15H15F2NO/c1-10(19-14-5-3-2-4-13(14)17)15(18)11-6-8-12(16)9-7-11/h2-10,15H,18H2,1H3. The van der Waals surface area contributed by atoms with Gasteiger partial charge in [-0.25, -0.2) is 8.78 Å². The highest BCUT2D eigenvalue weighted by Crippen LogP contribution is 2.22. The van der Waals surface area contributed by atoms with Crippen LogP contribution in [0.5, 0.6) is 5.75 Å². The summed E-state index contributed by atoms with van der Waals surface area (Å²) in [7, 11) is 0. The molecular formula is C15H15F2NO. The Morgan fingerprint density at radius 2 is 1.63 bits per heavy atom. The van der Waals surface area contributed by atoms with E-state index in [1.165, 1.54) is 18.2 Å². The van der Waals surface area contributed by atoms with Crippen LogP contribution in [-0.2, 0) is 0 Å². The van der Waals surface area contributed by atoms with Crippen LogP contribution < -0.4 is 10.5 Å². The molecule has 100 valence electrons. The van der Waals surface area contributed by atoms with Crippen LogP contribution in [0.1, 0.15) is 18.5 Å². The molecule has 0 aliphatic carbocycles. The lowest BCUT2D eigenvalue weighted by Crippen LogP contribution is -2.29. The molecule has 0 aliphatic heterocycles. The van der Waals surface area contributed by atoms with E-state index in [1.54, 1.807) is 37.3 Å². The van der Waals surface area contributed by atoms with Crippen LogP contribution in [0.2, 0.25) is 0 Å². The van der Waals surface area contributed by atoms with Gasteiger partial charge in [-0.3, -0.25) is 0 Å². The third-order valence-electron chi connectivity index (χ3n) is 2.91. The minimum atomic E-state index is -0.458. The van der Waals surface area contributed by atoms with Crippen molar-refractivity contribution in [3.63, 3.8) is 0 Å². The normalized spacial score (nSPS) is 13.9. The van der Waals surface area contributed by atoms with Gasteiger partial charge in [-0.15, -0.1) is 0 Å². The third kappa shape index (κ3) is 3.29. The lowest BCUT2D eigenvalue weighted by molar-refractivity contribution is 0.182. The molecule has 2 nitrogen and oxygen atoms in total. The van der Waals surface area contributed by atoms with Crippen molar-refractivity contribution in [1.82, 2.24) is 0 Å². The molecule has 2 aromatic carbocycles. The third-order valence-corrected chi connectivity index (χ3v) is 2.91. The predicted octanol–water partition coefficient (Wildman–Crippen LogP) is 3.43. The fourth-order valence-corrected chi connectivity index (χ4v) is 1.77. The highest BCUT2D eigenvalue weighted by atomic mass is 19.1. The molecule has 0 amide bonds. The smallest absolute Gasteiger partial charge is 0.165 e. The van der Waals surface area contributed by atoms with E-state index < -0.39 is 18.0 Å². The molecular weight excluding hydrogens is 248 g/mol. The van der Waals surface area contributed by atoms with Crippen molar-refractivity contribution < 1.29 is 13.5 Å². The number of rotatable bonds is 4. The zero-order valence-electron chi connectivity index (χ0n) is 10.5. The summed E-state index contributed by atoms with van der Waals surface area (Å²) in [6.45, 7) is 1.75. The molecule has 2 aromatic rings. The van der Waals surface area contributed by atoms with Gasteiger partial charge >= 0.3 is 0 Å². The Morgan fingerprint density at radius 3 is 2.26 bits per heavy atom. The number of nitrogens with two attached hydrogens (primary N) is 1. The molecule has 0 radical (unpaired) electrons. The van der Waals surface area contributed by atoms with Gasteiger partial charge in [0, 0.05) is 0 Å². The van der Waals surface area contributed by atoms with E-state index in [9.17, 15) is 8.78 Å². The Morgan fingerprint density at radius 1 is 1.00 bits per heavy atom. The van der Waals surface area contributed by atoms with Crippen molar-refractivity contribution in [2.75, 3.05) is 0 Å². The van der Waals surface area contributed by atoms with E-state index in [2.05, 4.69) is 0 Å². The highest BCUT2D eigenvalue weighted by Gasteiger charge is 2.17. The highest BCUT2D eigenvalue weighted by molar-refractivity contribution is 5.25. The first-order chi connectivity index (χ1) is 9.08. The number of para-hydroxylation sites is 1. The second-order valence-corrected chi connectivity index (χ2v) is 4.33. The largest absolute Gasteiger partial charge is 0.486 e. The van der Waals surface area contributed by atoms with Crippen molar-refractivity contribution in [3.05, 3.63) is 65.7 Å². The molecule has 0 saturated heterocycles. The minimum Gasteiger partial charge on any atom is -0.486 e. The summed E-state index contributed by atoms with van der Waals surface area (Å²) in [6, 6.07) is 11.6. The molecule has 2 unspecified atom stereocenters. The SMILES string of the molecule is CC(Oc1ccccc1F)C(N)c1ccc(F)cc1. The van der Waals surface area contributed by atoms with E-state index in [1.807, 2.05) is 0 Å². The maximum Gasteiger partial charge on any atom is 0.165 e. The molecule has 0 saturated carbocycles. The van der Waals surface area contributed by atoms with Gasteiger partial charge in [-0.1, -0.05) is 24.3 Å². The minimum absolute atomic E-state index is 0.160. The van der Waals surface area contributed by atoms with Gasteiger partial charge in [0.05, 0.1) is 6.04 Å². The molecule has 0 aliphatic rings. The molecule has 19 heavy (non-hydrogen) atoms. The molecule has 2 N–H and O–H groups in total. The molecule has 0 heterocycles. The summed E-state index contributed by atoms with van der Waals surface area (Å²) in [5.41, 5.74) is 6.76. The number of ether oxygens (including phenoxy) is 1. The monoisotopic (exact) mass is 263 g/mol. The maximum atomic E-state index is 13.5. The molecule has 0 fully saturated rings. The van der Waals surface area contributed by atoms with Crippen LogP contribution in [0.4, 0.5) is 8.78 Å². The van der Waals surface area contributed by atoms with Crippen LogP contribution in [0.25, 0.3) is 0 Å². The number of benzene rings is 2. The molecule has 4 heteroatoms. The molecule has 2 atom stereocenters. The van der Waals surface area contributed by atoms with Gasteiger partial charge in [-0.2, -0.15) is 0 Å². The van der Waals surface area contributed by atoms with Gasteiger partial charge in [0.2, 0.25) is 0 Å². The van der Waals surface area contributed by atoms with Gasteiger partial charge in [0.1, 0.15) is 11.9 Å². The van der Waals surface area contributed by atoms with Crippen molar-refractivity contribution >= 4 is 0 Å². The number of hydrogen-bond donors (Lipinski definition) is 1. The van der Waals surface area contributed by atoms with Crippen LogP contribution in [-0.4, -0.2) is 6.10 Å². The molecule has 0 bridgehead atoms. The average molecular weight is 263 g/mol. The van der Waals surface area contributed by atoms with E-state index in [-0.39, 0.29) is 11.6 Å². The summed E-state index contributed by atoms with van der Waals surface area (Å²) in [6.07, 6.45) is -0.428. The molecule has 0 aromatic heterocycles. The first-order valence-corrected chi connectivity index (χ1v) is 6.00. The first kappa shape index (κ1) is 13.5. The predicted molar refractivity (Wildman–Crippen MR) is 69.8 cm³/mol. The van der Waals surface area contributed by atoms with Crippen LogP contribution in [0.15, 0.2) is 48.5 Å². The average Bonchev–Trinajstić information content (AvgIpc) is 2.41. The molecule has 2 rings (SSSR count). The van der Waals surface area contributed by atoms with Crippen molar-refractivity contribution in [2.24, 2.45) is 5.73 Å². The van der Waals surface area contributed by atoms with Gasteiger partial charge in [0.15, 0.2) is 11.6 Å². The van der Waals surface area contributed by atoms with Crippen molar-refractivity contribution in [3.8, 4) is 5.75 Å². The Hall–Kier alpha value is -1.94. The second-order valence-electron chi connectivity index (χ2n) is 4.33. The van der Waals surface area contributed by atoms with Gasteiger partial charge in [-0.05, 0) is 36.8 Å². The molecule has 0 spiro atoms. The lowest BCUT2D eigenvalue weighted by atomic mass is 10.0. The fraction of sp³-hybridized carbons (Fsp3) is 0.200. The topological polar surface area (TPSA) is 35.2 Å². The maximum absolute atomic E-state index is 13.5. The summed E-state index contributed by atoms with van der Waals surface area (Å²) in [5.74, 6) is -0.591. The van der Waals surface area contributed by atoms with Gasteiger partial charge in [0.25, 0.3) is 0 Å². The van der Waals surface area contributed by atoms with Crippen molar-refractivity contribution in [1.29, 1.82) is 0 Å². The van der Waals surface area contributed by atoms with Crippen LogP contribution >= 0.6 is 0 Å². The quantitative estimate of drug-likeness (QED) is 0.917. The van der Waals surface area contributed by atoms with E-state index in [4.69, 9.17) is 10.5 Å². The zero-order valence-corrected chi connectivity index (χ0v) is 10.5. The van der Waals surface area contributed by atoms with E-state index in [0.29, 0.717) is 0 Å². The van der Waals surface area contributed by atoms with Crippen LogP contribution in [0.3, 0.4) is 0 Å². The van der Waals surface area contributed by atoms with E-state index in [0.717, 1.165) is 5.56 Å². The fourth-order valence-electron chi connectivity index (χ4n) is 1.77. The lowest BCUT2D eigenvalue weighted by Gasteiger charge is -2.22. The summed E-state index contributed by atoms with van der Waals surface area (Å²) < 4.78 is 31.8. The Balaban J connectivity index is 2.09. The second kappa shape index (κ2) is 5.80. The van der Waals surface area contributed by atoms with Crippen LogP contribution in [0, 0.1) is 11.6 Å². The van der Waals surface area contributed by atoms with Crippen molar-refractivity contribution in [2.45, 2.75) is 19.1 Å².